The van der Waals surface area contributed by atoms with Crippen molar-refractivity contribution in [2.45, 2.75) is 50.1 Å². The van der Waals surface area contributed by atoms with Gasteiger partial charge in [0.05, 0.1) is 10.5 Å². The van der Waals surface area contributed by atoms with Crippen LogP contribution in [0.4, 0.5) is 24.5 Å². The number of carbonyl (C=O) groups excluding carboxylic acids is 1. The molecule has 2 N–H and O–H groups in total. The van der Waals surface area contributed by atoms with Crippen molar-refractivity contribution in [3.8, 4) is 0 Å². The highest BCUT2D eigenvalue weighted by molar-refractivity contribution is 7.92. The molecule has 0 radical (unpaired) electrons. The summed E-state index contributed by atoms with van der Waals surface area (Å²) in [5.41, 5.74) is -1.33. The maximum absolute atomic E-state index is 12.9. The fraction of sp³-hybridized carbons (Fsp3) is 0.381. The quantitative estimate of drug-likeness (QED) is 0.652. The molecule has 1 aliphatic carbocycles. The molecule has 0 saturated heterocycles. The predicted molar refractivity (Wildman–Crippen MR) is 109 cm³/mol. The van der Waals surface area contributed by atoms with E-state index in [9.17, 15) is 26.4 Å². The molecule has 1 aliphatic rings. The van der Waals surface area contributed by atoms with Crippen LogP contribution in [0.25, 0.3) is 0 Å². The standard InChI is InChI=1S/C21H23F3N2O3S/c1-20(11-3-2-4-12-20)19(27)25-16-8-6-10-18(14-16)30(28,29)26-17-9-5-7-15(13-17)21(22,23)24/h5-10,13-14,26H,2-4,11-12H2,1H3,(H,25,27). The molecule has 162 valence electrons. The van der Waals surface area contributed by atoms with Gasteiger partial charge >= 0.3 is 6.18 Å². The smallest absolute Gasteiger partial charge is 0.326 e. The molecule has 2 aromatic carbocycles. The molecule has 9 heteroatoms. The van der Waals surface area contributed by atoms with Crippen molar-refractivity contribution in [1.29, 1.82) is 0 Å². The third-order valence-electron chi connectivity index (χ3n) is 5.35. The number of rotatable bonds is 5. The SMILES string of the molecule is CC1(C(=O)Nc2cccc(S(=O)(=O)Nc3cccc(C(F)(F)F)c3)c2)CCCCC1. The Balaban J connectivity index is 1.78. The van der Waals surface area contributed by atoms with Gasteiger partial charge in [0, 0.05) is 16.8 Å². The van der Waals surface area contributed by atoms with E-state index < -0.39 is 27.2 Å². The average molecular weight is 440 g/mol. The van der Waals surface area contributed by atoms with E-state index >= 15 is 0 Å². The Kier molecular flexibility index (Phi) is 6.12. The number of nitrogens with one attached hydrogen (secondary N) is 2. The predicted octanol–water partition coefficient (Wildman–Crippen LogP) is 5.42. The van der Waals surface area contributed by atoms with E-state index in [0.29, 0.717) is 5.69 Å². The van der Waals surface area contributed by atoms with Gasteiger partial charge in [-0.2, -0.15) is 13.2 Å². The van der Waals surface area contributed by atoms with Gasteiger partial charge in [0.25, 0.3) is 10.0 Å². The number of benzene rings is 2. The molecule has 5 nitrogen and oxygen atoms in total. The van der Waals surface area contributed by atoms with E-state index in [-0.39, 0.29) is 16.5 Å². The lowest BCUT2D eigenvalue weighted by Gasteiger charge is -2.32. The largest absolute Gasteiger partial charge is 0.416 e. The van der Waals surface area contributed by atoms with Crippen LogP contribution < -0.4 is 10.0 Å². The minimum absolute atomic E-state index is 0.161. The fourth-order valence-electron chi connectivity index (χ4n) is 3.56. The van der Waals surface area contributed by atoms with Gasteiger partial charge in [0.1, 0.15) is 0 Å². The van der Waals surface area contributed by atoms with Crippen molar-refractivity contribution in [1.82, 2.24) is 0 Å². The van der Waals surface area contributed by atoms with Gasteiger partial charge in [-0.25, -0.2) is 8.42 Å². The first-order chi connectivity index (χ1) is 14.0. The summed E-state index contributed by atoms with van der Waals surface area (Å²) < 4.78 is 66.1. The van der Waals surface area contributed by atoms with E-state index in [2.05, 4.69) is 10.0 Å². The van der Waals surface area contributed by atoms with Crippen molar-refractivity contribution in [2.75, 3.05) is 10.0 Å². The summed E-state index contributed by atoms with van der Waals surface area (Å²) in [6.07, 6.45) is -0.000961. The normalized spacial score (nSPS) is 16.7. The number of anilines is 2. The van der Waals surface area contributed by atoms with Crippen molar-refractivity contribution >= 4 is 27.3 Å². The second-order valence-corrected chi connectivity index (χ2v) is 9.47. The Hall–Kier alpha value is -2.55. The number of carbonyl (C=O) groups is 1. The van der Waals surface area contributed by atoms with Crippen LogP contribution in [-0.4, -0.2) is 14.3 Å². The topological polar surface area (TPSA) is 75.3 Å². The molecule has 0 aromatic heterocycles. The molecular weight excluding hydrogens is 417 g/mol. The summed E-state index contributed by atoms with van der Waals surface area (Å²) in [4.78, 5) is 12.5. The molecule has 0 spiro atoms. The molecule has 0 atom stereocenters. The molecule has 0 unspecified atom stereocenters. The third-order valence-corrected chi connectivity index (χ3v) is 6.73. The van der Waals surface area contributed by atoms with E-state index in [1.54, 1.807) is 6.07 Å². The lowest BCUT2D eigenvalue weighted by Crippen LogP contribution is -2.35. The van der Waals surface area contributed by atoms with Gasteiger partial charge in [-0.15, -0.1) is 0 Å². The van der Waals surface area contributed by atoms with Crippen molar-refractivity contribution in [2.24, 2.45) is 5.41 Å². The molecule has 0 heterocycles. The highest BCUT2D eigenvalue weighted by Crippen LogP contribution is 2.37. The number of hydrogen-bond acceptors (Lipinski definition) is 3. The molecule has 30 heavy (non-hydrogen) atoms. The lowest BCUT2D eigenvalue weighted by molar-refractivity contribution is -0.137. The Morgan fingerprint density at radius 1 is 0.967 bits per heavy atom. The maximum atomic E-state index is 12.9. The molecule has 3 rings (SSSR count). The molecule has 1 saturated carbocycles. The second kappa shape index (κ2) is 8.29. The molecule has 1 amide bonds. The number of hydrogen-bond donors (Lipinski definition) is 2. The first-order valence-corrected chi connectivity index (χ1v) is 11.1. The van der Waals surface area contributed by atoms with Crippen LogP contribution >= 0.6 is 0 Å². The van der Waals surface area contributed by atoms with Gasteiger partial charge in [0.15, 0.2) is 0 Å². The summed E-state index contributed by atoms with van der Waals surface area (Å²) in [7, 11) is -4.14. The Labute approximate surface area is 173 Å². The van der Waals surface area contributed by atoms with Gasteiger partial charge in [0.2, 0.25) is 5.91 Å². The number of sulfonamides is 1. The number of halogens is 3. The first kappa shape index (κ1) is 22.1. The first-order valence-electron chi connectivity index (χ1n) is 9.61. The number of amides is 1. The maximum Gasteiger partial charge on any atom is 0.416 e. The Bertz CT molecular complexity index is 1030. The average Bonchev–Trinajstić information content (AvgIpc) is 2.68. The van der Waals surface area contributed by atoms with E-state index in [1.807, 2.05) is 6.92 Å². The second-order valence-electron chi connectivity index (χ2n) is 7.79. The highest BCUT2D eigenvalue weighted by Gasteiger charge is 2.34. The Morgan fingerprint density at radius 3 is 2.27 bits per heavy atom. The summed E-state index contributed by atoms with van der Waals surface area (Å²) in [6.45, 7) is 1.90. The molecule has 0 bridgehead atoms. The van der Waals surface area contributed by atoms with Crippen LogP contribution in [0.5, 0.6) is 0 Å². The molecule has 2 aromatic rings. The molecule has 0 aliphatic heterocycles. The van der Waals surface area contributed by atoms with Crippen molar-refractivity contribution in [3.63, 3.8) is 0 Å². The minimum atomic E-state index is -4.58. The Morgan fingerprint density at radius 2 is 1.60 bits per heavy atom. The van der Waals surface area contributed by atoms with Gasteiger partial charge in [-0.3, -0.25) is 9.52 Å². The van der Waals surface area contributed by atoms with Crippen LogP contribution in [0.15, 0.2) is 53.4 Å². The summed E-state index contributed by atoms with van der Waals surface area (Å²) in [5, 5.41) is 2.78. The molecule has 1 fully saturated rings. The molecular formula is C21H23F3N2O3S. The van der Waals surface area contributed by atoms with Gasteiger partial charge in [-0.05, 0) is 49.2 Å². The number of alkyl halides is 3. The zero-order valence-corrected chi connectivity index (χ0v) is 17.2. The van der Waals surface area contributed by atoms with Crippen molar-refractivity contribution in [3.05, 3.63) is 54.1 Å². The van der Waals surface area contributed by atoms with Crippen LogP contribution in [0.2, 0.25) is 0 Å². The zero-order chi connectivity index (χ0) is 22.0. The lowest BCUT2D eigenvalue weighted by atomic mass is 9.75. The van der Waals surface area contributed by atoms with Crippen LogP contribution in [0.3, 0.4) is 0 Å². The summed E-state index contributed by atoms with van der Waals surface area (Å²) in [5.74, 6) is -0.164. The van der Waals surface area contributed by atoms with Crippen LogP contribution in [0, 0.1) is 5.41 Å². The minimum Gasteiger partial charge on any atom is -0.326 e. The third kappa shape index (κ3) is 5.13. The summed E-state index contributed by atoms with van der Waals surface area (Å²) >= 11 is 0. The fourth-order valence-corrected chi connectivity index (χ4v) is 4.65. The van der Waals surface area contributed by atoms with E-state index in [0.717, 1.165) is 50.3 Å². The van der Waals surface area contributed by atoms with E-state index in [4.69, 9.17) is 0 Å². The highest BCUT2D eigenvalue weighted by atomic mass is 32.2. The van der Waals surface area contributed by atoms with Gasteiger partial charge in [-0.1, -0.05) is 38.3 Å². The van der Waals surface area contributed by atoms with Gasteiger partial charge < -0.3 is 5.32 Å². The van der Waals surface area contributed by atoms with Crippen LogP contribution in [-0.2, 0) is 21.0 Å². The summed E-state index contributed by atoms with van der Waals surface area (Å²) in [6, 6.07) is 9.61. The van der Waals surface area contributed by atoms with Crippen LogP contribution in [0.1, 0.15) is 44.6 Å². The van der Waals surface area contributed by atoms with Crippen molar-refractivity contribution < 1.29 is 26.4 Å². The van der Waals surface area contributed by atoms with E-state index in [1.165, 1.54) is 24.3 Å². The zero-order valence-electron chi connectivity index (χ0n) is 16.4. The monoisotopic (exact) mass is 440 g/mol.